The molecule has 36 heavy (non-hydrogen) atoms. The number of rotatable bonds is 1. The first kappa shape index (κ1) is 26.2. The van der Waals surface area contributed by atoms with Crippen molar-refractivity contribution < 1.29 is 23.9 Å². The van der Waals surface area contributed by atoms with Crippen molar-refractivity contribution in [2.75, 3.05) is 13.1 Å². The number of nitriles is 1. The topological polar surface area (TPSA) is 141 Å². The van der Waals surface area contributed by atoms with Gasteiger partial charge >= 0.3 is 6.09 Å². The summed E-state index contributed by atoms with van der Waals surface area (Å²) < 4.78 is 5.43. The monoisotopic (exact) mass is 501 g/mol. The number of alkyl carbamates (subject to hydrolysis) is 1. The van der Waals surface area contributed by atoms with Gasteiger partial charge in [-0.3, -0.25) is 14.4 Å². The van der Waals surface area contributed by atoms with Crippen LogP contribution in [0, 0.1) is 35.0 Å². The molecule has 3 aliphatic heterocycles. The molecule has 4 amide bonds. The third-order valence-corrected chi connectivity index (χ3v) is 8.18. The molecule has 4 fully saturated rings. The summed E-state index contributed by atoms with van der Waals surface area (Å²) >= 11 is 0. The van der Waals surface area contributed by atoms with Crippen LogP contribution in [-0.2, 0) is 19.1 Å². The van der Waals surface area contributed by atoms with Crippen molar-refractivity contribution in [1.29, 1.82) is 5.26 Å². The quantitative estimate of drug-likeness (QED) is 0.501. The van der Waals surface area contributed by atoms with Gasteiger partial charge in [0, 0.05) is 19.0 Å². The van der Waals surface area contributed by atoms with Crippen molar-refractivity contribution >= 4 is 23.8 Å². The highest BCUT2D eigenvalue weighted by Crippen LogP contribution is 2.43. The van der Waals surface area contributed by atoms with E-state index in [0.717, 1.165) is 25.7 Å². The van der Waals surface area contributed by atoms with E-state index >= 15 is 0 Å². The molecule has 0 radical (unpaired) electrons. The summed E-state index contributed by atoms with van der Waals surface area (Å²) in [5.74, 6) is -0.776. The number of hydrogen-bond donors (Lipinski definition) is 3. The van der Waals surface area contributed by atoms with E-state index < -0.39 is 29.8 Å². The molecule has 1 aliphatic carbocycles. The van der Waals surface area contributed by atoms with Crippen LogP contribution in [0.3, 0.4) is 0 Å². The Morgan fingerprint density at radius 2 is 1.78 bits per heavy atom. The first-order valence-electron chi connectivity index (χ1n) is 13.3. The van der Waals surface area contributed by atoms with Crippen molar-refractivity contribution in [2.45, 2.75) is 95.9 Å². The molecule has 3 heterocycles. The van der Waals surface area contributed by atoms with Gasteiger partial charge in [0.15, 0.2) is 0 Å². The molecule has 0 aromatic heterocycles. The number of piperidine rings is 1. The number of fused-ring (bicyclic) bond motifs is 4. The maximum Gasteiger partial charge on any atom is 0.408 e. The summed E-state index contributed by atoms with van der Waals surface area (Å²) in [5.41, 5.74) is -0.710. The van der Waals surface area contributed by atoms with Crippen molar-refractivity contribution in [2.24, 2.45) is 23.7 Å². The van der Waals surface area contributed by atoms with Gasteiger partial charge in [-0.05, 0) is 77.0 Å². The van der Waals surface area contributed by atoms with Gasteiger partial charge in [-0.1, -0.05) is 12.8 Å². The minimum Gasteiger partial charge on any atom is -0.444 e. The molecule has 0 spiro atoms. The van der Waals surface area contributed by atoms with E-state index in [4.69, 9.17) is 4.74 Å². The fourth-order valence-electron chi connectivity index (χ4n) is 6.59. The highest BCUT2D eigenvalue weighted by Gasteiger charge is 2.51. The van der Waals surface area contributed by atoms with Crippen LogP contribution in [0.25, 0.3) is 0 Å². The zero-order valence-corrected chi connectivity index (χ0v) is 21.5. The third kappa shape index (κ3) is 5.76. The number of carbonyl (C=O) groups is 4. The van der Waals surface area contributed by atoms with Crippen molar-refractivity contribution in [3.63, 3.8) is 0 Å². The first-order chi connectivity index (χ1) is 17.1. The molecule has 10 nitrogen and oxygen atoms in total. The van der Waals surface area contributed by atoms with Crippen LogP contribution in [0.5, 0.6) is 0 Å². The molecular formula is C26H39N5O5. The maximum absolute atomic E-state index is 13.8. The largest absolute Gasteiger partial charge is 0.444 e. The summed E-state index contributed by atoms with van der Waals surface area (Å²) in [6.45, 7) is 6.34. The highest BCUT2D eigenvalue weighted by molar-refractivity contribution is 5.92. The minimum atomic E-state index is -0.822. The van der Waals surface area contributed by atoms with E-state index in [0.29, 0.717) is 32.4 Å². The van der Waals surface area contributed by atoms with Crippen LogP contribution >= 0.6 is 0 Å². The lowest BCUT2D eigenvalue weighted by Crippen LogP contribution is -2.56. The van der Waals surface area contributed by atoms with Crippen LogP contribution in [0.4, 0.5) is 4.79 Å². The number of nitrogens with one attached hydrogen (secondary N) is 3. The molecule has 4 aliphatic rings. The van der Waals surface area contributed by atoms with Crippen LogP contribution in [0.15, 0.2) is 0 Å². The zero-order valence-electron chi connectivity index (χ0n) is 21.5. The molecule has 3 N–H and O–H groups in total. The lowest BCUT2D eigenvalue weighted by molar-refractivity contribution is -0.141. The second-order valence-corrected chi connectivity index (χ2v) is 11.8. The standard InChI is InChI=1S/C26H39N5O5/c1-26(2,3)36-25(35)30-20-9-5-6-15-10-11-28-22(32)19(15)12-17(13-27)29-23(33)21-18-8-4-7-16(18)14-31(21)24(20)34/h15-21H,4-12,14H2,1-3H3,(H,28,32)(H,29,33)(H,30,35)/t15-,16-,17-,18-,19-,20-,21-/m0/s1. The molecule has 198 valence electrons. The number of carbonyl (C=O) groups excluding carboxylic acids is 4. The van der Waals surface area contributed by atoms with Gasteiger partial charge in [-0.25, -0.2) is 4.79 Å². The van der Waals surface area contributed by atoms with Crippen molar-refractivity contribution in [3.8, 4) is 6.07 Å². The highest BCUT2D eigenvalue weighted by atomic mass is 16.6. The van der Waals surface area contributed by atoms with E-state index in [9.17, 15) is 24.4 Å². The third-order valence-electron chi connectivity index (χ3n) is 8.18. The van der Waals surface area contributed by atoms with E-state index in [-0.39, 0.29) is 47.8 Å². The molecule has 0 aromatic rings. The Morgan fingerprint density at radius 1 is 1.06 bits per heavy atom. The molecule has 10 heteroatoms. The maximum atomic E-state index is 13.8. The van der Waals surface area contributed by atoms with Gasteiger partial charge in [0.25, 0.3) is 0 Å². The van der Waals surface area contributed by atoms with Crippen LogP contribution in [0.1, 0.15) is 72.1 Å². The van der Waals surface area contributed by atoms with Crippen LogP contribution in [-0.4, -0.2) is 65.5 Å². The van der Waals surface area contributed by atoms with Crippen LogP contribution < -0.4 is 16.0 Å². The molecular weight excluding hydrogens is 462 g/mol. The molecule has 1 saturated carbocycles. The molecule has 0 unspecified atom stereocenters. The minimum absolute atomic E-state index is 0.0336. The number of ether oxygens (including phenoxy) is 1. The lowest BCUT2D eigenvalue weighted by Gasteiger charge is -2.32. The Morgan fingerprint density at radius 3 is 2.50 bits per heavy atom. The van der Waals surface area contributed by atoms with Gasteiger partial charge in [0.2, 0.25) is 17.7 Å². The Hall–Kier alpha value is -2.83. The number of hydrogen-bond acceptors (Lipinski definition) is 6. The average Bonchev–Trinajstić information content (AvgIpc) is 3.38. The fourth-order valence-corrected chi connectivity index (χ4v) is 6.59. The predicted molar refractivity (Wildman–Crippen MR) is 130 cm³/mol. The van der Waals surface area contributed by atoms with Crippen LogP contribution in [0.2, 0.25) is 0 Å². The Kier molecular flexibility index (Phi) is 7.76. The second-order valence-electron chi connectivity index (χ2n) is 11.8. The van der Waals surface area contributed by atoms with E-state index in [1.807, 2.05) is 0 Å². The van der Waals surface area contributed by atoms with Gasteiger partial charge in [0.1, 0.15) is 23.7 Å². The summed E-state index contributed by atoms with van der Waals surface area (Å²) in [6.07, 6.45) is 4.90. The summed E-state index contributed by atoms with van der Waals surface area (Å²) in [5, 5.41) is 18.4. The number of amides is 4. The molecule has 3 saturated heterocycles. The normalized spacial score (nSPS) is 35.4. The van der Waals surface area contributed by atoms with E-state index in [2.05, 4.69) is 22.0 Å². The van der Waals surface area contributed by atoms with Crippen molar-refractivity contribution in [3.05, 3.63) is 0 Å². The van der Waals surface area contributed by atoms with Gasteiger partial charge < -0.3 is 25.6 Å². The second kappa shape index (κ2) is 10.7. The average molecular weight is 502 g/mol. The van der Waals surface area contributed by atoms with Gasteiger partial charge in [-0.15, -0.1) is 0 Å². The number of nitrogens with zero attached hydrogens (tertiary/aromatic N) is 2. The Balaban J connectivity index is 1.63. The Labute approximate surface area is 212 Å². The first-order valence-corrected chi connectivity index (χ1v) is 13.3. The smallest absolute Gasteiger partial charge is 0.408 e. The van der Waals surface area contributed by atoms with Crippen molar-refractivity contribution in [1.82, 2.24) is 20.9 Å². The van der Waals surface area contributed by atoms with Gasteiger partial charge in [-0.2, -0.15) is 5.26 Å². The molecule has 4 rings (SSSR count). The van der Waals surface area contributed by atoms with E-state index in [1.165, 1.54) is 0 Å². The SMILES string of the molecule is CC(C)(C)OC(=O)N[C@H]1CCC[C@H]2CCNC(=O)[C@H]2C[C@@H](C#N)NC(=O)[C@@H]2[C@H]3CCC[C@H]3CN2C1=O. The van der Waals surface area contributed by atoms with Gasteiger partial charge in [0.05, 0.1) is 6.07 Å². The summed E-state index contributed by atoms with van der Waals surface area (Å²) in [4.78, 5) is 54.4. The van der Waals surface area contributed by atoms with E-state index in [1.54, 1.807) is 25.7 Å². The zero-order chi connectivity index (χ0) is 26.0. The molecule has 7 atom stereocenters. The summed E-state index contributed by atoms with van der Waals surface area (Å²) in [6, 6.07) is -0.131. The summed E-state index contributed by atoms with van der Waals surface area (Å²) in [7, 11) is 0. The molecule has 0 aromatic carbocycles. The molecule has 0 bridgehead atoms. The lowest BCUT2D eigenvalue weighted by atomic mass is 9.78. The predicted octanol–water partition coefficient (Wildman–Crippen LogP) is 1.84. The fraction of sp³-hybridized carbons (Fsp3) is 0.808. The Bertz CT molecular complexity index is 925.